The maximum Gasteiger partial charge on any atom is 0.315 e. The van der Waals surface area contributed by atoms with Gasteiger partial charge in [-0.2, -0.15) is 5.10 Å². The Morgan fingerprint density at radius 1 is 1.15 bits per heavy atom. The molecule has 0 atom stereocenters. The summed E-state index contributed by atoms with van der Waals surface area (Å²) in [5.41, 5.74) is 3.08. The molecule has 3 aromatic rings. The molecule has 0 aliphatic heterocycles. The van der Waals surface area contributed by atoms with E-state index >= 15 is 0 Å². The SMILES string of the molecule is O=C(NCc1cc(-c2ccncc2)n(C2CCCC2)n1)NCc1cccs1. The first-order valence-corrected chi connectivity index (χ1v) is 10.2. The average Bonchev–Trinajstić information content (AvgIpc) is 3.47. The number of nitrogens with one attached hydrogen (secondary N) is 2. The van der Waals surface area contributed by atoms with E-state index in [1.54, 1.807) is 23.7 Å². The van der Waals surface area contributed by atoms with Crippen molar-refractivity contribution in [3.05, 3.63) is 58.7 Å². The Bertz CT molecular complexity index is 869. The molecule has 1 saturated carbocycles. The molecule has 0 radical (unpaired) electrons. The Kier molecular flexibility index (Phi) is 5.48. The number of urea groups is 1. The van der Waals surface area contributed by atoms with Gasteiger partial charge in [0.05, 0.1) is 30.5 Å². The summed E-state index contributed by atoms with van der Waals surface area (Å²) in [6.07, 6.45) is 8.43. The third-order valence-electron chi connectivity index (χ3n) is 4.87. The van der Waals surface area contributed by atoms with Crippen LogP contribution in [-0.2, 0) is 13.1 Å². The third kappa shape index (κ3) is 4.36. The van der Waals surface area contributed by atoms with E-state index in [2.05, 4.69) is 26.4 Å². The lowest BCUT2D eigenvalue weighted by atomic mass is 10.1. The van der Waals surface area contributed by atoms with Crippen LogP contribution in [0.5, 0.6) is 0 Å². The standard InChI is InChI=1S/C20H23N5OS/c26-20(23-14-18-6-3-11-27-18)22-13-16-12-19(15-7-9-21-10-8-15)25(24-16)17-4-1-2-5-17/h3,6-12,17H,1-2,4-5,13-14H2,(H2,22,23,26). The van der Waals surface area contributed by atoms with E-state index in [4.69, 9.17) is 5.10 Å². The lowest BCUT2D eigenvalue weighted by Crippen LogP contribution is -2.34. The number of aromatic nitrogens is 3. The quantitative estimate of drug-likeness (QED) is 0.675. The molecular formula is C20H23N5OS. The van der Waals surface area contributed by atoms with Gasteiger partial charge in [-0.25, -0.2) is 4.79 Å². The van der Waals surface area contributed by atoms with Crippen molar-refractivity contribution < 1.29 is 4.79 Å². The van der Waals surface area contributed by atoms with Crippen LogP contribution < -0.4 is 10.6 Å². The van der Waals surface area contributed by atoms with Crippen molar-refractivity contribution in [2.45, 2.75) is 44.8 Å². The molecule has 0 spiro atoms. The van der Waals surface area contributed by atoms with Crippen LogP contribution >= 0.6 is 11.3 Å². The molecule has 0 saturated heterocycles. The first kappa shape index (κ1) is 17.7. The summed E-state index contributed by atoms with van der Waals surface area (Å²) in [4.78, 5) is 17.3. The maximum absolute atomic E-state index is 12.1. The van der Waals surface area contributed by atoms with Gasteiger partial charge < -0.3 is 10.6 Å². The van der Waals surface area contributed by atoms with E-state index < -0.39 is 0 Å². The molecule has 140 valence electrons. The monoisotopic (exact) mass is 381 g/mol. The fourth-order valence-electron chi connectivity index (χ4n) is 3.51. The minimum Gasteiger partial charge on any atom is -0.333 e. The minimum atomic E-state index is -0.177. The molecule has 6 nitrogen and oxygen atoms in total. The first-order chi connectivity index (χ1) is 13.3. The van der Waals surface area contributed by atoms with Gasteiger partial charge >= 0.3 is 6.03 Å². The number of carbonyl (C=O) groups is 1. The van der Waals surface area contributed by atoms with Gasteiger partial charge in [0.2, 0.25) is 0 Å². The van der Waals surface area contributed by atoms with Crippen LogP contribution in [-0.4, -0.2) is 20.8 Å². The highest BCUT2D eigenvalue weighted by atomic mass is 32.1. The van der Waals surface area contributed by atoms with Gasteiger partial charge in [0.25, 0.3) is 0 Å². The van der Waals surface area contributed by atoms with Crippen molar-refractivity contribution in [3.63, 3.8) is 0 Å². The molecule has 4 rings (SSSR count). The highest BCUT2D eigenvalue weighted by molar-refractivity contribution is 7.09. The number of thiophene rings is 1. The lowest BCUT2D eigenvalue weighted by Gasteiger charge is -2.14. The van der Waals surface area contributed by atoms with Crippen molar-refractivity contribution in [1.29, 1.82) is 0 Å². The molecule has 2 amide bonds. The van der Waals surface area contributed by atoms with Crippen LogP contribution in [0.1, 0.15) is 42.3 Å². The van der Waals surface area contributed by atoms with Gasteiger partial charge in [0.1, 0.15) is 0 Å². The molecule has 27 heavy (non-hydrogen) atoms. The zero-order valence-corrected chi connectivity index (χ0v) is 15.9. The normalized spacial score (nSPS) is 14.4. The van der Waals surface area contributed by atoms with Gasteiger partial charge in [0.15, 0.2) is 0 Å². The summed E-state index contributed by atoms with van der Waals surface area (Å²) in [7, 11) is 0. The van der Waals surface area contributed by atoms with E-state index in [9.17, 15) is 4.79 Å². The van der Waals surface area contributed by atoms with Crippen LogP contribution in [0.15, 0.2) is 48.1 Å². The second-order valence-electron chi connectivity index (χ2n) is 6.76. The second-order valence-corrected chi connectivity index (χ2v) is 7.79. The van der Waals surface area contributed by atoms with Crippen LogP contribution in [0, 0.1) is 0 Å². The maximum atomic E-state index is 12.1. The predicted octanol–water partition coefficient (Wildman–Crippen LogP) is 4.12. The van der Waals surface area contributed by atoms with Crippen LogP contribution in [0.25, 0.3) is 11.3 Å². The van der Waals surface area contributed by atoms with Gasteiger partial charge in [-0.1, -0.05) is 18.9 Å². The smallest absolute Gasteiger partial charge is 0.315 e. The van der Waals surface area contributed by atoms with Gasteiger partial charge in [-0.05, 0) is 42.5 Å². The number of amides is 2. The molecule has 2 N–H and O–H groups in total. The van der Waals surface area contributed by atoms with E-state index in [0.29, 0.717) is 19.1 Å². The molecular weight excluding hydrogens is 358 g/mol. The molecule has 1 fully saturated rings. The molecule has 0 unspecified atom stereocenters. The number of nitrogens with zero attached hydrogens (tertiary/aromatic N) is 3. The summed E-state index contributed by atoms with van der Waals surface area (Å²) >= 11 is 1.63. The largest absolute Gasteiger partial charge is 0.333 e. The minimum absolute atomic E-state index is 0.177. The van der Waals surface area contributed by atoms with Crippen molar-refractivity contribution in [3.8, 4) is 11.3 Å². The fourth-order valence-corrected chi connectivity index (χ4v) is 4.16. The third-order valence-corrected chi connectivity index (χ3v) is 5.74. The van der Waals surface area contributed by atoms with Crippen LogP contribution in [0.4, 0.5) is 4.79 Å². The fraction of sp³-hybridized carbons (Fsp3) is 0.350. The van der Waals surface area contributed by atoms with Crippen molar-refractivity contribution in [2.75, 3.05) is 0 Å². The number of hydrogen-bond acceptors (Lipinski definition) is 4. The zero-order chi connectivity index (χ0) is 18.5. The molecule has 1 aliphatic rings. The first-order valence-electron chi connectivity index (χ1n) is 9.32. The van der Waals surface area contributed by atoms with E-state index in [-0.39, 0.29) is 6.03 Å². The van der Waals surface area contributed by atoms with Crippen molar-refractivity contribution in [1.82, 2.24) is 25.4 Å². The van der Waals surface area contributed by atoms with Gasteiger partial charge in [0, 0.05) is 22.8 Å². The van der Waals surface area contributed by atoms with E-state index in [1.165, 1.54) is 12.8 Å². The van der Waals surface area contributed by atoms with Crippen molar-refractivity contribution >= 4 is 17.4 Å². The molecule has 7 heteroatoms. The summed E-state index contributed by atoms with van der Waals surface area (Å²) in [5, 5.41) is 12.6. The molecule has 3 heterocycles. The van der Waals surface area contributed by atoms with E-state index in [0.717, 1.165) is 34.7 Å². The molecule has 0 aromatic carbocycles. The Morgan fingerprint density at radius 3 is 2.67 bits per heavy atom. The Labute approximate surface area is 162 Å². The predicted molar refractivity (Wildman–Crippen MR) is 106 cm³/mol. The Hall–Kier alpha value is -2.67. The summed E-state index contributed by atoms with van der Waals surface area (Å²) < 4.78 is 2.14. The number of rotatable bonds is 6. The highest BCUT2D eigenvalue weighted by Gasteiger charge is 2.22. The summed E-state index contributed by atoms with van der Waals surface area (Å²) in [5.74, 6) is 0. The lowest BCUT2D eigenvalue weighted by molar-refractivity contribution is 0.240. The number of pyridine rings is 1. The molecule has 3 aromatic heterocycles. The Balaban J connectivity index is 1.44. The Morgan fingerprint density at radius 2 is 1.93 bits per heavy atom. The molecule has 1 aliphatic carbocycles. The van der Waals surface area contributed by atoms with Gasteiger partial charge in [-0.3, -0.25) is 9.67 Å². The molecule has 0 bridgehead atoms. The van der Waals surface area contributed by atoms with Crippen LogP contribution in [0.3, 0.4) is 0 Å². The number of hydrogen-bond donors (Lipinski definition) is 2. The topological polar surface area (TPSA) is 71.8 Å². The highest BCUT2D eigenvalue weighted by Crippen LogP contribution is 2.33. The van der Waals surface area contributed by atoms with Crippen molar-refractivity contribution in [2.24, 2.45) is 0 Å². The van der Waals surface area contributed by atoms with Crippen LogP contribution in [0.2, 0.25) is 0 Å². The summed E-state index contributed by atoms with van der Waals surface area (Å²) in [6, 6.07) is 10.3. The van der Waals surface area contributed by atoms with E-state index in [1.807, 2.05) is 29.6 Å². The summed E-state index contributed by atoms with van der Waals surface area (Å²) in [6.45, 7) is 0.955. The second kappa shape index (κ2) is 8.35. The number of carbonyl (C=O) groups excluding carboxylic acids is 1. The zero-order valence-electron chi connectivity index (χ0n) is 15.1. The van der Waals surface area contributed by atoms with Gasteiger partial charge in [-0.15, -0.1) is 11.3 Å². The average molecular weight is 382 g/mol.